The Balaban J connectivity index is 2.13. The van der Waals surface area contributed by atoms with E-state index in [-0.39, 0.29) is 0 Å². The number of halogens is 1. The Morgan fingerprint density at radius 3 is 2.71 bits per heavy atom. The van der Waals surface area contributed by atoms with Crippen molar-refractivity contribution in [3.63, 3.8) is 0 Å². The normalized spacial score (nSPS) is 10.5. The standard InChI is InChI=1S/C11H17ClN2O3/c1-9-13-10(12)8-11(14-9)17-5-3-4-16-7-6-15-2/h8H,3-7H2,1-2H3. The first-order chi connectivity index (χ1) is 8.22. The van der Waals surface area contributed by atoms with E-state index in [0.29, 0.717) is 43.3 Å². The minimum atomic E-state index is 0.392. The molecular weight excluding hydrogens is 244 g/mol. The highest BCUT2D eigenvalue weighted by molar-refractivity contribution is 6.29. The second kappa shape index (κ2) is 8.22. The van der Waals surface area contributed by atoms with Crippen LogP contribution in [0.3, 0.4) is 0 Å². The van der Waals surface area contributed by atoms with Gasteiger partial charge in [-0.05, 0) is 6.92 Å². The van der Waals surface area contributed by atoms with Crippen molar-refractivity contribution in [3.05, 3.63) is 17.0 Å². The van der Waals surface area contributed by atoms with E-state index in [4.69, 9.17) is 25.8 Å². The number of aromatic nitrogens is 2. The number of aryl methyl sites for hydroxylation is 1. The lowest BCUT2D eigenvalue weighted by Gasteiger charge is -2.06. The van der Waals surface area contributed by atoms with Crippen LogP contribution >= 0.6 is 11.6 Å². The van der Waals surface area contributed by atoms with E-state index >= 15 is 0 Å². The smallest absolute Gasteiger partial charge is 0.218 e. The van der Waals surface area contributed by atoms with Gasteiger partial charge in [0.15, 0.2) is 0 Å². The topological polar surface area (TPSA) is 53.5 Å². The third-order valence-corrected chi connectivity index (χ3v) is 2.09. The minimum absolute atomic E-state index is 0.392. The predicted octanol–water partition coefficient (Wildman–Crippen LogP) is 1.87. The van der Waals surface area contributed by atoms with Crippen molar-refractivity contribution in [1.82, 2.24) is 9.97 Å². The van der Waals surface area contributed by atoms with Crippen LogP contribution in [-0.2, 0) is 9.47 Å². The van der Waals surface area contributed by atoms with Gasteiger partial charge in [0.25, 0.3) is 0 Å². The number of ether oxygens (including phenoxy) is 3. The summed E-state index contributed by atoms with van der Waals surface area (Å²) in [6.07, 6.45) is 0.796. The molecule has 0 atom stereocenters. The second-order valence-electron chi connectivity index (χ2n) is 3.38. The molecular formula is C11H17ClN2O3. The van der Waals surface area contributed by atoms with Crippen molar-refractivity contribution < 1.29 is 14.2 Å². The third kappa shape index (κ3) is 6.41. The fourth-order valence-corrected chi connectivity index (χ4v) is 1.38. The Bertz CT molecular complexity index is 316. The molecule has 1 aromatic heterocycles. The highest BCUT2D eigenvalue weighted by atomic mass is 35.5. The van der Waals surface area contributed by atoms with Crippen LogP contribution in [0.2, 0.25) is 5.15 Å². The molecule has 0 amide bonds. The van der Waals surface area contributed by atoms with Crippen LogP contribution in [0.5, 0.6) is 5.88 Å². The number of hydrogen-bond donors (Lipinski definition) is 0. The van der Waals surface area contributed by atoms with Crippen molar-refractivity contribution in [1.29, 1.82) is 0 Å². The Morgan fingerprint density at radius 1 is 1.18 bits per heavy atom. The first-order valence-electron chi connectivity index (χ1n) is 5.43. The highest BCUT2D eigenvalue weighted by Gasteiger charge is 2.00. The van der Waals surface area contributed by atoms with Gasteiger partial charge in [-0.15, -0.1) is 0 Å². The van der Waals surface area contributed by atoms with E-state index < -0.39 is 0 Å². The van der Waals surface area contributed by atoms with Gasteiger partial charge in [0.1, 0.15) is 11.0 Å². The largest absolute Gasteiger partial charge is 0.477 e. The fraction of sp³-hybridized carbons (Fsp3) is 0.636. The summed E-state index contributed by atoms with van der Waals surface area (Å²) in [7, 11) is 1.65. The first kappa shape index (κ1) is 14.2. The molecule has 0 aliphatic heterocycles. The lowest BCUT2D eigenvalue weighted by molar-refractivity contribution is 0.0642. The van der Waals surface area contributed by atoms with Crippen LogP contribution < -0.4 is 4.74 Å². The van der Waals surface area contributed by atoms with E-state index in [9.17, 15) is 0 Å². The van der Waals surface area contributed by atoms with Gasteiger partial charge < -0.3 is 14.2 Å². The lowest BCUT2D eigenvalue weighted by Crippen LogP contribution is -2.07. The van der Waals surface area contributed by atoms with Crippen LogP contribution in [0.4, 0.5) is 0 Å². The number of rotatable bonds is 8. The maximum absolute atomic E-state index is 5.78. The molecule has 0 fully saturated rings. The molecule has 0 radical (unpaired) electrons. The molecule has 96 valence electrons. The zero-order valence-corrected chi connectivity index (χ0v) is 10.9. The van der Waals surface area contributed by atoms with Crippen LogP contribution in [0.15, 0.2) is 6.07 Å². The maximum Gasteiger partial charge on any atom is 0.218 e. The fourth-order valence-electron chi connectivity index (χ4n) is 1.16. The van der Waals surface area contributed by atoms with Gasteiger partial charge in [0, 0.05) is 26.2 Å². The molecule has 0 unspecified atom stereocenters. The van der Waals surface area contributed by atoms with Crippen molar-refractivity contribution in [2.45, 2.75) is 13.3 Å². The van der Waals surface area contributed by atoms with Gasteiger partial charge in [-0.2, -0.15) is 4.98 Å². The molecule has 0 bridgehead atoms. The van der Waals surface area contributed by atoms with E-state index in [1.807, 2.05) is 0 Å². The van der Waals surface area contributed by atoms with Crippen LogP contribution in [0, 0.1) is 6.92 Å². The van der Waals surface area contributed by atoms with Crippen LogP contribution in [0.25, 0.3) is 0 Å². The van der Waals surface area contributed by atoms with Gasteiger partial charge in [0.05, 0.1) is 19.8 Å². The summed E-state index contributed by atoms with van der Waals surface area (Å²) in [6, 6.07) is 1.60. The van der Waals surface area contributed by atoms with E-state index in [2.05, 4.69) is 9.97 Å². The van der Waals surface area contributed by atoms with Crippen molar-refractivity contribution >= 4 is 11.6 Å². The van der Waals surface area contributed by atoms with Crippen molar-refractivity contribution in [2.75, 3.05) is 33.5 Å². The summed E-state index contributed by atoms with van der Waals surface area (Å²) in [5, 5.41) is 0.392. The van der Waals surface area contributed by atoms with Gasteiger partial charge in [-0.3, -0.25) is 0 Å². The van der Waals surface area contributed by atoms with Gasteiger partial charge >= 0.3 is 0 Å². The summed E-state index contributed by atoms with van der Waals surface area (Å²) >= 11 is 5.78. The molecule has 1 rings (SSSR count). The first-order valence-corrected chi connectivity index (χ1v) is 5.81. The summed E-state index contributed by atoms with van der Waals surface area (Å²) in [5.74, 6) is 1.10. The lowest BCUT2D eigenvalue weighted by atomic mass is 10.5. The molecule has 0 aliphatic carbocycles. The van der Waals surface area contributed by atoms with Gasteiger partial charge in [0.2, 0.25) is 5.88 Å². The molecule has 0 aromatic carbocycles. The summed E-state index contributed by atoms with van der Waals surface area (Å²) in [4.78, 5) is 8.05. The van der Waals surface area contributed by atoms with Crippen molar-refractivity contribution in [3.8, 4) is 5.88 Å². The SMILES string of the molecule is COCCOCCCOc1cc(Cl)nc(C)n1. The van der Waals surface area contributed by atoms with E-state index in [1.54, 1.807) is 20.1 Å². The Hall–Kier alpha value is -0.910. The number of hydrogen-bond acceptors (Lipinski definition) is 5. The molecule has 1 heterocycles. The molecule has 17 heavy (non-hydrogen) atoms. The summed E-state index contributed by atoms with van der Waals surface area (Å²) < 4.78 is 15.6. The molecule has 1 aromatic rings. The van der Waals surface area contributed by atoms with Gasteiger partial charge in [-0.1, -0.05) is 11.6 Å². The zero-order chi connectivity index (χ0) is 12.5. The quantitative estimate of drug-likeness (QED) is 0.528. The molecule has 0 saturated carbocycles. The molecule has 0 saturated heterocycles. The Labute approximate surface area is 106 Å². The molecule has 5 nitrogen and oxygen atoms in total. The molecule has 0 N–H and O–H groups in total. The average molecular weight is 261 g/mol. The Kier molecular flexibility index (Phi) is 6.84. The van der Waals surface area contributed by atoms with Crippen LogP contribution in [0.1, 0.15) is 12.2 Å². The summed E-state index contributed by atoms with van der Waals surface area (Å²) in [5.41, 5.74) is 0. The van der Waals surface area contributed by atoms with E-state index in [1.165, 1.54) is 0 Å². The van der Waals surface area contributed by atoms with Crippen LogP contribution in [-0.4, -0.2) is 43.5 Å². The van der Waals surface area contributed by atoms with Crippen molar-refractivity contribution in [2.24, 2.45) is 0 Å². The third-order valence-electron chi connectivity index (χ3n) is 1.90. The monoisotopic (exact) mass is 260 g/mol. The molecule has 0 spiro atoms. The second-order valence-corrected chi connectivity index (χ2v) is 3.77. The number of nitrogens with zero attached hydrogens (tertiary/aromatic N) is 2. The zero-order valence-electron chi connectivity index (χ0n) is 10.1. The average Bonchev–Trinajstić information content (AvgIpc) is 2.26. The highest BCUT2D eigenvalue weighted by Crippen LogP contribution is 2.13. The minimum Gasteiger partial charge on any atom is -0.477 e. The number of methoxy groups -OCH3 is 1. The maximum atomic E-state index is 5.78. The van der Waals surface area contributed by atoms with Gasteiger partial charge in [-0.25, -0.2) is 4.98 Å². The molecule has 0 aliphatic rings. The molecule has 6 heteroatoms. The predicted molar refractivity (Wildman–Crippen MR) is 64.6 cm³/mol. The summed E-state index contributed by atoms with van der Waals surface area (Å²) in [6.45, 7) is 4.17. The Morgan fingerprint density at radius 2 is 2.00 bits per heavy atom. The van der Waals surface area contributed by atoms with E-state index in [0.717, 1.165) is 6.42 Å².